The first-order valence-electron chi connectivity index (χ1n) is 11.1. The predicted molar refractivity (Wildman–Crippen MR) is 125 cm³/mol. The third kappa shape index (κ3) is 5.81. The van der Waals surface area contributed by atoms with Gasteiger partial charge in [0.25, 0.3) is 0 Å². The Labute approximate surface area is 193 Å². The fourth-order valence-electron chi connectivity index (χ4n) is 3.82. The van der Waals surface area contributed by atoms with Crippen LogP contribution >= 0.6 is 0 Å². The molecule has 3 rings (SSSR count). The Kier molecular flexibility index (Phi) is 8.26. The van der Waals surface area contributed by atoms with Crippen molar-refractivity contribution < 1.29 is 14.7 Å². The fraction of sp³-hybridized carbons (Fsp3) is 0.375. The minimum absolute atomic E-state index is 0.170. The van der Waals surface area contributed by atoms with Gasteiger partial charge in [-0.25, -0.2) is 4.79 Å². The van der Waals surface area contributed by atoms with E-state index in [1.54, 1.807) is 6.92 Å². The van der Waals surface area contributed by atoms with Crippen molar-refractivity contribution in [2.45, 2.75) is 45.7 Å². The minimum Gasteiger partial charge on any atom is -0.480 e. The van der Waals surface area contributed by atoms with Crippen LogP contribution < -0.4 is 5.73 Å². The summed E-state index contributed by atoms with van der Waals surface area (Å²) in [5.41, 5.74) is 9.35. The molecule has 9 heteroatoms. The Hall–Kier alpha value is -3.59. The minimum atomic E-state index is -1.04. The summed E-state index contributed by atoms with van der Waals surface area (Å²) >= 11 is 0. The summed E-state index contributed by atoms with van der Waals surface area (Å²) in [6.07, 6.45) is 1.89. The zero-order valence-corrected chi connectivity index (χ0v) is 18.9. The molecule has 2 atom stereocenters. The number of aromatic nitrogens is 4. The van der Waals surface area contributed by atoms with Gasteiger partial charge in [0.05, 0.1) is 0 Å². The van der Waals surface area contributed by atoms with Gasteiger partial charge in [0.1, 0.15) is 6.04 Å². The van der Waals surface area contributed by atoms with E-state index in [4.69, 9.17) is 5.73 Å². The lowest BCUT2D eigenvalue weighted by atomic mass is 9.97. The molecule has 4 N–H and O–H groups in total. The second-order valence-electron chi connectivity index (χ2n) is 8.10. The molecule has 0 aliphatic heterocycles. The summed E-state index contributed by atoms with van der Waals surface area (Å²) in [7, 11) is 0. The molecule has 0 saturated carbocycles. The molecule has 0 spiro atoms. The lowest BCUT2D eigenvalue weighted by molar-refractivity contribution is -0.153. The third-order valence-corrected chi connectivity index (χ3v) is 5.70. The van der Waals surface area contributed by atoms with Crippen molar-refractivity contribution in [3.63, 3.8) is 0 Å². The number of rotatable bonds is 11. The molecule has 33 heavy (non-hydrogen) atoms. The van der Waals surface area contributed by atoms with Crippen molar-refractivity contribution in [3.8, 4) is 22.5 Å². The first-order valence-corrected chi connectivity index (χ1v) is 11.1. The van der Waals surface area contributed by atoms with Crippen molar-refractivity contribution in [2.24, 2.45) is 11.7 Å². The zero-order chi connectivity index (χ0) is 23.8. The molecule has 2 aromatic carbocycles. The molecule has 174 valence electrons. The quantitative estimate of drug-likeness (QED) is 0.408. The number of nitrogens with zero attached hydrogens (tertiary/aromatic N) is 4. The zero-order valence-electron chi connectivity index (χ0n) is 18.9. The number of hydrogen-bond acceptors (Lipinski definition) is 6. The molecule has 0 bridgehead atoms. The first kappa shape index (κ1) is 24.1. The molecule has 1 amide bonds. The summed E-state index contributed by atoms with van der Waals surface area (Å²) in [4.78, 5) is 26.4. The monoisotopic (exact) mass is 450 g/mol. The van der Waals surface area contributed by atoms with Crippen LogP contribution in [0.15, 0.2) is 48.5 Å². The summed E-state index contributed by atoms with van der Waals surface area (Å²) in [5, 5.41) is 24.1. The number of carbonyl (C=O) groups excluding carboxylic acids is 1. The molecular formula is C24H30N6O3. The topological polar surface area (TPSA) is 138 Å². The Balaban J connectivity index is 1.88. The Morgan fingerprint density at radius 3 is 2.39 bits per heavy atom. The highest BCUT2D eigenvalue weighted by Gasteiger charge is 2.33. The van der Waals surface area contributed by atoms with E-state index >= 15 is 0 Å². The molecule has 0 fully saturated rings. The van der Waals surface area contributed by atoms with Crippen molar-refractivity contribution in [1.29, 1.82) is 0 Å². The van der Waals surface area contributed by atoms with Crippen molar-refractivity contribution >= 4 is 11.9 Å². The Bertz CT molecular complexity index is 1050. The highest BCUT2D eigenvalue weighted by atomic mass is 16.4. The lowest BCUT2D eigenvalue weighted by Crippen LogP contribution is -2.49. The van der Waals surface area contributed by atoms with Gasteiger partial charge in [-0.05, 0) is 40.8 Å². The molecule has 0 unspecified atom stereocenters. The van der Waals surface area contributed by atoms with Gasteiger partial charge in [0.2, 0.25) is 11.7 Å². The standard InChI is InChI=1S/C24H30N6O3/c1-3-4-9-21(31)30(22(24(32)33)16(2)14-25)15-17-10-12-18(13-11-17)19-7-5-6-8-20(19)23-26-28-29-27-23/h5-8,10-13,16,22H,3-4,9,14-15,25H2,1-2H3,(H,32,33)(H,26,27,28,29)/t16-,22+/m1/s1. The van der Waals surface area contributed by atoms with E-state index < -0.39 is 12.0 Å². The molecule has 9 nitrogen and oxygen atoms in total. The maximum Gasteiger partial charge on any atom is 0.326 e. The average Bonchev–Trinajstić information content (AvgIpc) is 3.37. The van der Waals surface area contributed by atoms with E-state index in [1.165, 1.54) is 4.90 Å². The molecule has 1 aromatic heterocycles. The number of tetrazole rings is 1. The second-order valence-corrected chi connectivity index (χ2v) is 8.10. The van der Waals surface area contributed by atoms with E-state index in [2.05, 4.69) is 20.6 Å². The molecular weight excluding hydrogens is 420 g/mol. The van der Waals surface area contributed by atoms with Crippen molar-refractivity contribution in [3.05, 3.63) is 54.1 Å². The molecule has 1 heterocycles. The number of amides is 1. The largest absolute Gasteiger partial charge is 0.480 e. The van der Waals surface area contributed by atoms with E-state index in [-0.39, 0.29) is 24.9 Å². The fourth-order valence-corrected chi connectivity index (χ4v) is 3.82. The lowest BCUT2D eigenvalue weighted by Gasteiger charge is -2.32. The molecule has 3 aromatic rings. The number of nitrogens with one attached hydrogen (secondary N) is 1. The van der Waals surface area contributed by atoms with Gasteiger partial charge in [0.15, 0.2) is 0 Å². The van der Waals surface area contributed by atoms with E-state index in [0.717, 1.165) is 28.7 Å². The number of hydrogen-bond donors (Lipinski definition) is 3. The van der Waals surface area contributed by atoms with Gasteiger partial charge < -0.3 is 15.7 Å². The van der Waals surface area contributed by atoms with Crippen molar-refractivity contribution in [1.82, 2.24) is 25.5 Å². The van der Waals surface area contributed by atoms with Crippen LogP contribution in [0.4, 0.5) is 0 Å². The second kappa shape index (κ2) is 11.3. The van der Waals surface area contributed by atoms with Gasteiger partial charge in [-0.2, -0.15) is 5.21 Å². The highest BCUT2D eigenvalue weighted by Crippen LogP contribution is 2.30. The molecule has 0 saturated heterocycles. The number of carboxylic acids is 1. The van der Waals surface area contributed by atoms with Crippen molar-refractivity contribution in [2.75, 3.05) is 6.54 Å². The number of aliphatic carboxylic acids is 1. The van der Waals surface area contributed by atoms with Crippen LogP contribution in [-0.2, 0) is 16.1 Å². The van der Waals surface area contributed by atoms with E-state index in [0.29, 0.717) is 18.7 Å². The molecule has 0 aliphatic rings. The number of aromatic amines is 1. The Morgan fingerprint density at radius 1 is 1.12 bits per heavy atom. The van der Waals surface area contributed by atoms with Crippen LogP contribution in [-0.4, -0.2) is 55.1 Å². The predicted octanol–water partition coefficient (Wildman–Crippen LogP) is 3.10. The summed E-state index contributed by atoms with van der Waals surface area (Å²) in [5.74, 6) is -1.07. The average molecular weight is 451 g/mol. The summed E-state index contributed by atoms with van der Waals surface area (Å²) in [6.45, 7) is 4.15. The van der Waals surface area contributed by atoms with Crippen LogP contribution in [0.1, 0.15) is 38.7 Å². The van der Waals surface area contributed by atoms with Gasteiger partial charge in [-0.15, -0.1) is 10.2 Å². The number of carboxylic acid groups (broad SMARTS) is 1. The van der Waals surface area contributed by atoms with E-state index in [1.807, 2.05) is 55.5 Å². The molecule has 0 aliphatic carbocycles. The number of H-pyrrole nitrogens is 1. The number of nitrogens with two attached hydrogens (primary N) is 1. The van der Waals surface area contributed by atoms with Gasteiger partial charge in [-0.3, -0.25) is 4.79 Å². The first-order chi connectivity index (χ1) is 16.0. The van der Waals surface area contributed by atoms with Gasteiger partial charge >= 0.3 is 5.97 Å². The van der Waals surface area contributed by atoms with Gasteiger partial charge in [-0.1, -0.05) is 68.8 Å². The van der Waals surface area contributed by atoms with Crippen LogP contribution in [0, 0.1) is 5.92 Å². The van der Waals surface area contributed by atoms with Crippen LogP contribution in [0.2, 0.25) is 0 Å². The Morgan fingerprint density at radius 2 is 1.82 bits per heavy atom. The normalized spacial score (nSPS) is 12.8. The maximum absolute atomic E-state index is 12.9. The summed E-state index contributed by atoms with van der Waals surface area (Å²) < 4.78 is 0. The van der Waals surface area contributed by atoms with Crippen LogP contribution in [0.3, 0.4) is 0 Å². The summed E-state index contributed by atoms with van der Waals surface area (Å²) in [6, 6.07) is 14.5. The smallest absolute Gasteiger partial charge is 0.326 e. The molecule has 0 radical (unpaired) electrons. The third-order valence-electron chi connectivity index (χ3n) is 5.70. The van der Waals surface area contributed by atoms with Crippen LogP contribution in [0.25, 0.3) is 22.5 Å². The van der Waals surface area contributed by atoms with E-state index in [9.17, 15) is 14.7 Å². The van der Waals surface area contributed by atoms with Gasteiger partial charge in [0, 0.05) is 18.5 Å². The SMILES string of the molecule is CCCCC(=O)N(Cc1ccc(-c2ccccc2-c2nn[nH]n2)cc1)[C@H](C(=O)O)[C@H](C)CN. The number of unbranched alkanes of at least 4 members (excludes halogenated alkanes) is 1. The van der Waals surface area contributed by atoms with Crippen LogP contribution in [0.5, 0.6) is 0 Å². The maximum atomic E-state index is 12.9. The highest BCUT2D eigenvalue weighted by molar-refractivity contribution is 5.84. The number of benzene rings is 2. The number of carbonyl (C=O) groups is 2.